The van der Waals surface area contributed by atoms with Gasteiger partial charge in [0.05, 0.1) is 16.8 Å². The van der Waals surface area contributed by atoms with Gasteiger partial charge in [-0.1, -0.05) is 89.9 Å². The molecule has 0 radical (unpaired) electrons. The molecule has 4 aromatic carbocycles. The number of rotatable bonds is 2. The molecular weight excluding hydrogens is 427 g/mol. The predicted molar refractivity (Wildman–Crippen MR) is 126 cm³/mol. The maximum Gasteiger partial charge on any atom is 0.215 e. The summed E-state index contributed by atoms with van der Waals surface area (Å²) < 4.78 is 6.42. The van der Waals surface area contributed by atoms with Crippen molar-refractivity contribution in [1.82, 2.24) is 5.01 Å². The van der Waals surface area contributed by atoms with Gasteiger partial charge < -0.3 is 4.74 Å². The average Bonchev–Trinajstić information content (AvgIpc) is 3.24. The van der Waals surface area contributed by atoms with Crippen molar-refractivity contribution < 1.29 is 4.74 Å². The van der Waals surface area contributed by atoms with E-state index < -0.39 is 6.23 Å². The first-order chi connectivity index (χ1) is 15.2. The molecule has 2 atom stereocenters. The highest BCUT2D eigenvalue weighted by Crippen LogP contribution is 2.48. The van der Waals surface area contributed by atoms with Crippen molar-refractivity contribution >= 4 is 39.7 Å². The standard InChI is InChI=1S/C26H18Cl2N2O/c27-17-12-13-20(22(28)14-17)26-30-24(21-9-3-4-11-25(21)31-26)15-23(29-30)19-10-5-7-16-6-1-2-8-18(16)19/h1-14,24,26H,15H2/t24-,26-/m1/s1. The van der Waals surface area contributed by atoms with E-state index in [4.69, 9.17) is 33.0 Å². The van der Waals surface area contributed by atoms with E-state index in [1.54, 1.807) is 6.07 Å². The molecule has 4 aromatic rings. The molecule has 0 N–H and O–H groups in total. The first-order valence-electron chi connectivity index (χ1n) is 10.2. The maximum absolute atomic E-state index is 6.57. The Labute approximate surface area is 190 Å². The van der Waals surface area contributed by atoms with Gasteiger partial charge in [-0.05, 0) is 29.0 Å². The minimum absolute atomic E-state index is 0.0793. The van der Waals surface area contributed by atoms with Crippen molar-refractivity contribution in [3.05, 3.63) is 112 Å². The number of halogens is 2. The summed E-state index contributed by atoms with van der Waals surface area (Å²) in [4.78, 5) is 0. The van der Waals surface area contributed by atoms with E-state index in [2.05, 4.69) is 53.5 Å². The molecule has 0 saturated heterocycles. The van der Waals surface area contributed by atoms with E-state index in [1.165, 1.54) is 10.8 Å². The van der Waals surface area contributed by atoms with E-state index in [0.29, 0.717) is 10.0 Å². The second kappa shape index (κ2) is 7.30. The second-order valence-corrected chi connectivity index (χ2v) is 8.69. The van der Waals surface area contributed by atoms with Crippen LogP contribution in [0.5, 0.6) is 5.75 Å². The van der Waals surface area contributed by atoms with Gasteiger partial charge in [-0.2, -0.15) is 5.10 Å². The summed E-state index contributed by atoms with van der Waals surface area (Å²) in [5.74, 6) is 0.870. The molecule has 2 aliphatic rings. The lowest BCUT2D eigenvalue weighted by molar-refractivity contribution is -0.0189. The van der Waals surface area contributed by atoms with Crippen LogP contribution in [0.15, 0.2) is 90.0 Å². The van der Waals surface area contributed by atoms with E-state index in [1.807, 2.05) is 30.3 Å². The van der Waals surface area contributed by atoms with Crippen LogP contribution in [0.2, 0.25) is 10.0 Å². The van der Waals surface area contributed by atoms with Crippen LogP contribution in [0.25, 0.3) is 10.8 Å². The first-order valence-corrected chi connectivity index (χ1v) is 11.0. The molecule has 0 aromatic heterocycles. The molecule has 0 bridgehead atoms. The highest BCUT2D eigenvalue weighted by molar-refractivity contribution is 6.35. The molecule has 0 fully saturated rings. The molecule has 31 heavy (non-hydrogen) atoms. The predicted octanol–water partition coefficient (Wildman–Crippen LogP) is 7.39. The Balaban J connectivity index is 1.50. The molecule has 2 heterocycles. The molecule has 0 amide bonds. The van der Waals surface area contributed by atoms with Crippen LogP contribution < -0.4 is 4.74 Å². The monoisotopic (exact) mass is 444 g/mol. The number of hydrogen-bond donors (Lipinski definition) is 0. The van der Waals surface area contributed by atoms with Crippen LogP contribution in [0.1, 0.15) is 35.4 Å². The molecule has 3 nitrogen and oxygen atoms in total. The van der Waals surface area contributed by atoms with Gasteiger partial charge in [0.2, 0.25) is 6.23 Å². The van der Waals surface area contributed by atoms with Crippen molar-refractivity contribution in [3.63, 3.8) is 0 Å². The summed E-state index contributed by atoms with van der Waals surface area (Å²) in [6, 6.07) is 28.6. The minimum Gasteiger partial charge on any atom is -0.464 e. The van der Waals surface area contributed by atoms with Crippen molar-refractivity contribution in [2.45, 2.75) is 18.7 Å². The van der Waals surface area contributed by atoms with Gasteiger partial charge in [0, 0.05) is 28.1 Å². The summed E-state index contributed by atoms with van der Waals surface area (Å²) in [7, 11) is 0. The Kier molecular flexibility index (Phi) is 4.41. The molecule has 0 aliphatic carbocycles. The van der Waals surface area contributed by atoms with Crippen LogP contribution in [0, 0.1) is 0 Å². The summed E-state index contributed by atoms with van der Waals surface area (Å²) in [6.45, 7) is 0. The summed E-state index contributed by atoms with van der Waals surface area (Å²) >= 11 is 12.7. The lowest BCUT2D eigenvalue weighted by Crippen LogP contribution is -2.33. The summed E-state index contributed by atoms with van der Waals surface area (Å²) in [5.41, 5.74) is 4.21. The fourth-order valence-electron chi connectivity index (χ4n) is 4.58. The first kappa shape index (κ1) is 18.7. The lowest BCUT2D eigenvalue weighted by Gasteiger charge is -2.38. The number of ether oxygens (including phenoxy) is 1. The van der Waals surface area contributed by atoms with Gasteiger partial charge in [-0.25, -0.2) is 5.01 Å². The molecular formula is C26H18Cl2N2O. The van der Waals surface area contributed by atoms with Crippen molar-refractivity contribution in [2.24, 2.45) is 5.10 Å². The third-order valence-corrected chi connectivity index (χ3v) is 6.59. The van der Waals surface area contributed by atoms with Gasteiger partial charge in [-0.3, -0.25) is 0 Å². The normalized spacial score (nSPS) is 19.5. The number of hydrazone groups is 1. The summed E-state index contributed by atoms with van der Waals surface area (Å²) in [6.07, 6.45) is 0.382. The fraction of sp³-hybridized carbons (Fsp3) is 0.115. The molecule has 152 valence electrons. The van der Waals surface area contributed by atoms with Crippen LogP contribution in [0.3, 0.4) is 0 Å². The van der Waals surface area contributed by atoms with Gasteiger partial charge in [-0.15, -0.1) is 0 Å². The Morgan fingerprint density at radius 3 is 2.55 bits per heavy atom. The molecule has 0 unspecified atom stereocenters. The zero-order valence-electron chi connectivity index (χ0n) is 16.5. The smallest absolute Gasteiger partial charge is 0.215 e. The van der Waals surface area contributed by atoms with Crippen molar-refractivity contribution in [1.29, 1.82) is 0 Å². The number of hydrogen-bond acceptors (Lipinski definition) is 3. The van der Waals surface area contributed by atoms with E-state index >= 15 is 0 Å². The van der Waals surface area contributed by atoms with Gasteiger partial charge in [0.15, 0.2) is 0 Å². The van der Waals surface area contributed by atoms with Crippen molar-refractivity contribution in [2.75, 3.05) is 0 Å². The largest absolute Gasteiger partial charge is 0.464 e. The van der Waals surface area contributed by atoms with E-state index in [-0.39, 0.29) is 6.04 Å². The topological polar surface area (TPSA) is 24.8 Å². The number of nitrogens with zero attached hydrogens (tertiary/aromatic N) is 2. The number of fused-ring (bicyclic) bond motifs is 4. The van der Waals surface area contributed by atoms with Gasteiger partial charge in [0.25, 0.3) is 0 Å². The highest BCUT2D eigenvalue weighted by Gasteiger charge is 2.41. The molecule has 5 heteroatoms. The zero-order chi connectivity index (χ0) is 20.9. The molecule has 0 spiro atoms. The van der Waals surface area contributed by atoms with Crippen LogP contribution in [-0.2, 0) is 0 Å². The molecule has 2 aliphatic heterocycles. The summed E-state index contributed by atoms with van der Waals surface area (Å²) in [5, 5.41) is 10.7. The number of para-hydroxylation sites is 1. The minimum atomic E-state index is -0.419. The van der Waals surface area contributed by atoms with E-state index in [9.17, 15) is 0 Å². The Bertz CT molecular complexity index is 1350. The van der Waals surface area contributed by atoms with Crippen LogP contribution >= 0.6 is 23.2 Å². The van der Waals surface area contributed by atoms with Gasteiger partial charge in [0.1, 0.15) is 5.75 Å². The molecule has 6 rings (SSSR count). The number of benzene rings is 4. The third kappa shape index (κ3) is 3.08. The molecule has 0 saturated carbocycles. The SMILES string of the molecule is Clc1ccc([C@H]2Oc3ccccc3[C@H]3CC(c4cccc5ccccc45)=NN32)c(Cl)c1. The maximum atomic E-state index is 6.57. The van der Waals surface area contributed by atoms with E-state index in [0.717, 1.165) is 34.6 Å². The van der Waals surface area contributed by atoms with Gasteiger partial charge >= 0.3 is 0 Å². The van der Waals surface area contributed by atoms with Crippen LogP contribution in [-0.4, -0.2) is 10.7 Å². The zero-order valence-corrected chi connectivity index (χ0v) is 18.0. The second-order valence-electron chi connectivity index (χ2n) is 7.85. The Morgan fingerprint density at radius 1 is 0.839 bits per heavy atom. The Morgan fingerprint density at radius 2 is 1.65 bits per heavy atom. The lowest BCUT2D eigenvalue weighted by atomic mass is 9.93. The fourth-order valence-corrected chi connectivity index (χ4v) is 5.08. The average molecular weight is 445 g/mol. The highest BCUT2D eigenvalue weighted by atomic mass is 35.5. The Hall–Kier alpha value is -3.01. The van der Waals surface area contributed by atoms with Crippen LogP contribution in [0.4, 0.5) is 0 Å². The van der Waals surface area contributed by atoms with Crippen molar-refractivity contribution in [3.8, 4) is 5.75 Å². The quantitative estimate of drug-likeness (QED) is 0.321. The third-order valence-electron chi connectivity index (χ3n) is 6.03.